The topological polar surface area (TPSA) is 35.2 Å². The molecule has 2 atom stereocenters. The molecule has 2 unspecified atom stereocenters. The quantitative estimate of drug-likeness (QED) is 0.311. The summed E-state index contributed by atoms with van der Waals surface area (Å²) in [5.74, 6) is 0.910. The number of allylic oxidation sites excluding steroid dienone is 1. The van der Waals surface area contributed by atoms with Crippen LogP contribution in [-0.4, -0.2) is 11.1 Å². The Morgan fingerprint density at radius 3 is 2.59 bits per heavy atom. The number of hydrogen-bond donors (Lipinski definition) is 0. The Morgan fingerprint density at radius 1 is 1.00 bits per heavy atom. The molecule has 1 spiro atoms. The number of nitrogens with zero attached hydrogens (tertiary/aromatic N) is 2. The summed E-state index contributed by atoms with van der Waals surface area (Å²) in [7, 11) is -2.12. The fourth-order valence-corrected chi connectivity index (χ4v) is 7.34. The van der Waals surface area contributed by atoms with Crippen LogP contribution in [0.4, 0.5) is 0 Å². The molecule has 0 saturated heterocycles. The van der Waals surface area contributed by atoms with Gasteiger partial charge in [0.05, 0.1) is 16.2 Å². The summed E-state index contributed by atoms with van der Waals surface area (Å²) in [5.41, 5.74) is 3.09. The predicted octanol–water partition coefficient (Wildman–Crippen LogP) is 5.25. The van der Waals surface area contributed by atoms with Crippen molar-refractivity contribution in [1.82, 2.24) is 4.98 Å². The molecule has 6 rings (SSSR count). The highest BCUT2D eigenvalue weighted by molar-refractivity contribution is 8.20. The Hall–Kier alpha value is -2.63. The fourth-order valence-electron chi connectivity index (χ4n) is 4.42. The zero-order valence-electron chi connectivity index (χ0n) is 15.4. The van der Waals surface area contributed by atoms with Crippen molar-refractivity contribution < 1.29 is 12.3 Å². The first-order chi connectivity index (χ1) is 13.1. The lowest BCUT2D eigenvalue weighted by molar-refractivity contribution is -0.491. The van der Waals surface area contributed by atoms with E-state index >= 15 is 0 Å². The van der Waals surface area contributed by atoms with Crippen LogP contribution in [0.1, 0.15) is 19.5 Å². The number of aryl methyl sites for hydroxylation is 1. The second kappa shape index (κ2) is 5.00. The predicted molar refractivity (Wildman–Crippen MR) is 108 cm³/mol. The van der Waals surface area contributed by atoms with Crippen molar-refractivity contribution in [3.05, 3.63) is 66.2 Å². The van der Waals surface area contributed by atoms with E-state index in [9.17, 15) is 0 Å². The van der Waals surface area contributed by atoms with E-state index in [2.05, 4.69) is 59.6 Å². The summed E-state index contributed by atoms with van der Waals surface area (Å²) in [5, 5.41) is 4.82. The van der Waals surface area contributed by atoms with E-state index in [0.29, 0.717) is 0 Å². The van der Waals surface area contributed by atoms with E-state index in [1.165, 1.54) is 21.5 Å². The molecule has 27 heavy (non-hydrogen) atoms. The van der Waals surface area contributed by atoms with Crippen molar-refractivity contribution in [3.8, 4) is 0 Å². The monoisotopic (exact) mass is 375 g/mol. The van der Waals surface area contributed by atoms with Gasteiger partial charge < -0.3 is 4.18 Å². The lowest BCUT2D eigenvalue weighted by Gasteiger charge is -2.38. The van der Waals surface area contributed by atoms with Gasteiger partial charge in [-0.1, -0.05) is 36.4 Å². The Labute approximate surface area is 158 Å². The Morgan fingerprint density at radius 2 is 1.78 bits per heavy atom. The summed E-state index contributed by atoms with van der Waals surface area (Å²) in [6.07, 6.45) is 4.10. The first kappa shape index (κ1) is 15.4. The molecule has 4 nitrogen and oxygen atoms in total. The molecular weight excluding hydrogens is 356 g/mol. The van der Waals surface area contributed by atoms with Crippen LogP contribution in [0.3, 0.4) is 0 Å². The molecule has 2 aliphatic rings. The second-order valence-electron chi connectivity index (χ2n) is 7.27. The van der Waals surface area contributed by atoms with E-state index in [1.807, 2.05) is 19.9 Å². The van der Waals surface area contributed by atoms with Crippen LogP contribution in [0.2, 0.25) is 0 Å². The fraction of sp³-hybridized carbons (Fsp3) is 0.182. The smallest absolute Gasteiger partial charge is 0.271 e. The van der Waals surface area contributed by atoms with Gasteiger partial charge in [0, 0.05) is 5.39 Å². The van der Waals surface area contributed by atoms with Crippen molar-refractivity contribution in [2.75, 3.05) is 0 Å². The van der Waals surface area contributed by atoms with E-state index in [0.717, 1.165) is 27.4 Å². The third kappa shape index (κ3) is 1.83. The summed E-state index contributed by atoms with van der Waals surface area (Å²) in [6.45, 7) is 6.12. The minimum Gasteiger partial charge on any atom is -0.344 e. The molecule has 2 aliphatic heterocycles. The molecule has 0 aliphatic carbocycles. The molecule has 0 amide bonds. The van der Waals surface area contributed by atoms with E-state index in [4.69, 9.17) is 13.4 Å². The van der Waals surface area contributed by atoms with Crippen molar-refractivity contribution in [2.24, 2.45) is 0 Å². The Balaban J connectivity index is 1.90. The van der Waals surface area contributed by atoms with Crippen LogP contribution in [0.25, 0.3) is 32.6 Å². The summed E-state index contributed by atoms with van der Waals surface area (Å²) >= 11 is 0. The van der Waals surface area contributed by atoms with Crippen molar-refractivity contribution in [3.63, 3.8) is 0 Å². The summed E-state index contributed by atoms with van der Waals surface area (Å²) < 4.78 is 15.3. The molecule has 5 heteroatoms. The van der Waals surface area contributed by atoms with Gasteiger partial charge in [0.15, 0.2) is 0 Å². The minimum absolute atomic E-state index is 0.0104. The maximum Gasteiger partial charge on any atom is 0.271 e. The molecule has 0 radical (unpaired) electrons. The number of benzene rings is 3. The standard InChI is InChI=1S/C22H19N2O2S/c1-13-12-24-22-20-17(16-7-4-5-8-18(16)21(22)23-13)9-6-10-19(20)27(24)25-14(2)11-15(3)26-27/h4-12,14H,1-3H3/q+1. The maximum absolute atomic E-state index is 6.57. The molecule has 0 N–H and O–H groups in total. The van der Waals surface area contributed by atoms with Gasteiger partial charge in [-0.05, 0) is 47.7 Å². The molecule has 0 bridgehead atoms. The Bertz CT molecular complexity index is 1330. The number of aromatic nitrogens is 2. The third-order valence-corrected chi connectivity index (χ3v) is 8.06. The van der Waals surface area contributed by atoms with Gasteiger partial charge in [-0.3, -0.25) is 0 Å². The van der Waals surface area contributed by atoms with Gasteiger partial charge in [-0.25, -0.2) is 9.17 Å². The lowest BCUT2D eigenvalue weighted by atomic mass is 9.99. The average Bonchev–Trinajstić information content (AvgIpc) is 2.90. The van der Waals surface area contributed by atoms with Gasteiger partial charge in [0.25, 0.3) is 5.52 Å². The van der Waals surface area contributed by atoms with Crippen molar-refractivity contribution in [1.29, 1.82) is 0 Å². The highest BCUT2D eigenvalue weighted by Gasteiger charge is 2.49. The van der Waals surface area contributed by atoms with Crippen LogP contribution in [0, 0.1) is 6.92 Å². The average molecular weight is 375 g/mol. The highest BCUT2D eigenvalue weighted by Crippen LogP contribution is 2.64. The minimum atomic E-state index is -2.12. The zero-order valence-corrected chi connectivity index (χ0v) is 16.2. The van der Waals surface area contributed by atoms with E-state index in [1.54, 1.807) is 0 Å². The molecule has 3 heterocycles. The molecule has 4 aromatic rings. The second-order valence-corrected chi connectivity index (χ2v) is 9.41. The normalized spacial score (nSPS) is 25.9. The largest absolute Gasteiger partial charge is 0.344 e. The van der Waals surface area contributed by atoms with Gasteiger partial charge in [0.1, 0.15) is 28.0 Å². The van der Waals surface area contributed by atoms with Crippen LogP contribution < -0.4 is 3.97 Å². The van der Waals surface area contributed by atoms with Gasteiger partial charge in [0.2, 0.25) is 6.20 Å². The van der Waals surface area contributed by atoms with Gasteiger partial charge in [-0.2, -0.15) is 0 Å². The number of rotatable bonds is 0. The van der Waals surface area contributed by atoms with Crippen LogP contribution in [0.5, 0.6) is 0 Å². The molecule has 134 valence electrons. The van der Waals surface area contributed by atoms with E-state index < -0.39 is 10.8 Å². The number of fused-ring (bicyclic) bond motifs is 5. The van der Waals surface area contributed by atoms with Crippen LogP contribution in [0.15, 0.2) is 65.4 Å². The summed E-state index contributed by atoms with van der Waals surface area (Å²) in [4.78, 5) is 6.06. The molecule has 3 aromatic carbocycles. The first-order valence-corrected chi connectivity index (χ1v) is 10.6. The summed E-state index contributed by atoms with van der Waals surface area (Å²) in [6, 6.07) is 15.0. The number of hydrogen-bond acceptors (Lipinski definition) is 3. The van der Waals surface area contributed by atoms with Crippen LogP contribution >= 0.6 is 10.8 Å². The van der Waals surface area contributed by atoms with Crippen molar-refractivity contribution >= 4 is 43.4 Å². The molecule has 0 fully saturated rings. The van der Waals surface area contributed by atoms with E-state index in [-0.39, 0.29) is 6.10 Å². The molecule has 1 aromatic heterocycles. The molecular formula is C22H19N2O2S+. The maximum atomic E-state index is 6.57. The third-order valence-electron chi connectivity index (χ3n) is 5.31. The van der Waals surface area contributed by atoms with Crippen LogP contribution in [-0.2, 0) is 8.37 Å². The first-order valence-electron chi connectivity index (χ1n) is 9.15. The van der Waals surface area contributed by atoms with Gasteiger partial charge >= 0.3 is 0 Å². The Kier molecular flexibility index (Phi) is 2.86. The zero-order chi connectivity index (χ0) is 18.3. The lowest BCUT2D eigenvalue weighted by Crippen LogP contribution is -2.42. The van der Waals surface area contributed by atoms with Crippen molar-refractivity contribution in [2.45, 2.75) is 31.8 Å². The molecule has 0 saturated carbocycles. The SMILES string of the molecule is CC1=CC(C)OS2(O1)c1cccc3c4ccccc4c4nc(C)c[n+]2c4c13. The van der Waals surface area contributed by atoms with Gasteiger partial charge in [-0.15, -0.1) is 0 Å². The highest BCUT2D eigenvalue weighted by atomic mass is 32.3.